The molecule has 6 heteroatoms. The fourth-order valence-corrected chi connectivity index (χ4v) is 2.08. The van der Waals surface area contributed by atoms with Crippen molar-refractivity contribution in [3.63, 3.8) is 0 Å². The van der Waals surface area contributed by atoms with Crippen LogP contribution in [-0.2, 0) is 7.05 Å². The minimum absolute atomic E-state index is 0.305. The van der Waals surface area contributed by atoms with Crippen molar-refractivity contribution in [1.82, 2.24) is 9.78 Å². The van der Waals surface area contributed by atoms with Crippen molar-refractivity contribution in [3.05, 3.63) is 40.7 Å². The van der Waals surface area contributed by atoms with Gasteiger partial charge in [0.1, 0.15) is 10.9 Å². The number of halogens is 1. The first kappa shape index (κ1) is 13.4. The summed E-state index contributed by atoms with van der Waals surface area (Å²) in [5.74, 6) is 0.286. The zero-order valence-electron chi connectivity index (χ0n) is 10.9. The second kappa shape index (κ2) is 5.32. The van der Waals surface area contributed by atoms with E-state index in [1.54, 1.807) is 33.2 Å². The summed E-state index contributed by atoms with van der Waals surface area (Å²) in [4.78, 5) is 12.2. The van der Waals surface area contributed by atoms with Crippen LogP contribution >= 0.6 is 11.6 Å². The second-order valence-corrected chi connectivity index (χ2v) is 4.39. The first-order chi connectivity index (χ1) is 9.04. The van der Waals surface area contributed by atoms with E-state index in [1.165, 1.54) is 4.68 Å². The first-order valence-corrected chi connectivity index (χ1v) is 6.06. The molecular weight excluding hydrogens is 266 g/mol. The van der Waals surface area contributed by atoms with Crippen molar-refractivity contribution in [2.45, 2.75) is 6.92 Å². The Hall–Kier alpha value is -2.01. The number of hydrogen-bond donors (Lipinski definition) is 1. The van der Waals surface area contributed by atoms with Gasteiger partial charge in [-0.25, -0.2) is 0 Å². The van der Waals surface area contributed by atoms with E-state index in [-0.39, 0.29) is 5.91 Å². The normalized spacial score (nSPS) is 10.3. The van der Waals surface area contributed by atoms with Gasteiger partial charge in [0.15, 0.2) is 0 Å². The van der Waals surface area contributed by atoms with Crippen LogP contribution in [0, 0.1) is 6.92 Å². The molecule has 0 saturated carbocycles. The Morgan fingerprint density at radius 1 is 1.42 bits per heavy atom. The summed E-state index contributed by atoms with van der Waals surface area (Å²) in [6, 6.07) is 7.18. The van der Waals surface area contributed by atoms with Crippen LogP contribution in [0.2, 0.25) is 5.15 Å². The molecule has 1 N–H and O–H groups in total. The van der Waals surface area contributed by atoms with Crippen molar-refractivity contribution in [2.24, 2.45) is 7.05 Å². The van der Waals surface area contributed by atoms with Gasteiger partial charge < -0.3 is 10.1 Å². The molecule has 1 aromatic carbocycles. The number of benzene rings is 1. The highest BCUT2D eigenvalue weighted by Gasteiger charge is 2.19. The van der Waals surface area contributed by atoms with Gasteiger partial charge in [-0.05, 0) is 19.1 Å². The van der Waals surface area contributed by atoms with E-state index < -0.39 is 0 Å². The summed E-state index contributed by atoms with van der Waals surface area (Å²) in [5.41, 5.74) is 1.55. The van der Waals surface area contributed by atoms with Gasteiger partial charge in [-0.2, -0.15) is 5.10 Å². The third kappa shape index (κ3) is 2.56. The largest absolute Gasteiger partial charge is 0.495 e. The first-order valence-electron chi connectivity index (χ1n) is 5.68. The maximum Gasteiger partial charge on any atom is 0.260 e. The van der Waals surface area contributed by atoms with Gasteiger partial charge in [-0.1, -0.05) is 23.7 Å². The lowest BCUT2D eigenvalue weighted by Crippen LogP contribution is -2.13. The molecule has 0 aliphatic heterocycles. The Morgan fingerprint density at radius 3 is 2.68 bits per heavy atom. The highest BCUT2D eigenvalue weighted by atomic mass is 35.5. The molecule has 0 unspecified atom stereocenters. The lowest BCUT2D eigenvalue weighted by molar-refractivity contribution is 0.102. The van der Waals surface area contributed by atoms with Crippen molar-refractivity contribution in [3.8, 4) is 5.75 Å². The molecule has 0 spiro atoms. The van der Waals surface area contributed by atoms with Crippen LogP contribution in [0.1, 0.15) is 16.1 Å². The molecule has 1 heterocycles. The number of para-hydroxylation sites is 2. The van der Waals surface area contributed by atoms with Gasteiger partial charge in [-0.15, -0.1) is 0 Å². The fraction of sp³-hybridized carbons (Fsp3) is 0.231. The zero-order valence-corrected chi connectivity index (χ0v) is 11.7. The number of aromatic nitrogens is 2. The topological polar surface area (TPSA) is 56.1 Å². The quantitative estimate of drug-likeness (QED) is 0.940. The number of carbonyl (C=O) groups is 1. The van der Waals surface area contributed by atoms with Crippen molar-refractivity contribution >= 4 is 23.2 Å². The van der Waals surface area contributed by atoms with E-state index in [4.69, 9.17) is 16.3 Å². The van der Waals surface area contributed by atoms with E-state index in [1.807, 2.05) is 12.1 Å². The van der Waals surface area contributed by atoms with Gasteiger partial charge in [0.05, 0.1) is 24.1 Å². The molecule has 0 bridgehead atoms. The molecule has 0 aliphatic rings. The summed E-state index contributed by atoms with van der Waals surface area (Å²) in [6.07, 6.45) is 0. The van der Waals surface area contributed by atoms with Crippen molar-refractivity contribution in [1.29, 1.82) is 0 Å². The average Bonchev–Trinajstić information content (AvgIpc) is 2.64. The SMILES string of the molecule is COc1ccccc1NC(=O)c1c(C)nn(C)c1Cl. The number of aryl methyl sites for hydroxylation is 2. The molecule has 0 aliphatic carbocycles. The monoisotopic (exact) mass is 279 g/mol. The van der Waals surface area contributed by atoms with E-state index in [9.17, 15) is 4.79 Å². The second-order valence-electron chi connectivity index (χ2n) is 4.03. The van der Waals surface area contributed by atoms with Crippen LogP contribution in [0.25, 0.3) is 0 Å². The Balaban J connectivity index is 2.31. The Bertz CT molecular complexity index is 622. The third-order valence-electron chi connectivity index (χ3n) is 2.73. The Kier molecular flexibility index (Phi) is 3.76. The number of carbonyl (C=O) groups excluding carboxylic acids is 1. The summed E-state index contributed by atoms with van der Waals surface area (Å²) in [6.45, 7) is 1.74. The van der Waals surface area contributed by atoms with Crippen LogP contribution in [-0.4, -0.2) is 22.8 Å². The van der Waals surface area contributed by atoms with Crippen LogP contribution in [0.15, 0.2) is 24.3 Å². The fourth-order valence-electron chi connectivity index (χ4n) is 1.82. The third-order valence-corrected chi connectivity index (χ3v) is 3.17. The summed E-state index contributed by atoms with van der Waals surface area (Å²) < 4.78 is 6.65. The number of nitrogens with one attached hydrogen (secondary N) is 1. The van der Waals surface area contributed by atoms with Gasteiger partial charge in [0, 0.05) is 7.05 Å². The molecule has 1 amide bonds. The maximum atomic E-state index is 12.2. The summed E-state index contributed by atoms with van der Waals surface area (Å²) in [7, 11) is 3.24. The summed E-state index contributed by atoms with van der Waals surface area (Å²) >= 11 is 6.06. The number of nitrogens with zero attached hydrogens (tertiary/aromatic N) is 2. The standard InChI is InChI=1S/C13H14ClN3O2/c1-8-11(12(14)17(2)16-8)13(18)15-9-6-4-5-7-10(9)19-3/h4-7H,1-3H3,(H,15,18). The Morgan fingerprint density at radius 2 is 2.11 bits per heavy atom. The maximum absolute atomic E-state index is 12.2. The number of anilines is 1. The predicted molar refractivity (Wildman–Crippen MR) is 73.9 cm³/mol. The van der Waals surface area contributed by atoms with Crippen LogP contribution in [0.4, 0.5) is 5.69 Å². The Labute approximate surface area is 116 Å². The average molecular weight is 280 g/mol. The number of methoxy groups -OCH3 is 1. The van der Waals surface area contributed by atoms with Crippen LogP contribution in [0.5, 0.6) is 5.75 Å². The lowest BCUT2D eigenvalue weighted by Gasteiger charge is -2.09. The molecule has 0 saturated heterocycles. The molecular formula is C13H14ClN3O2. The van der Waals surface area contributed by atoms with Crippen LogP contribution < -0.4 is 10.1 Å². The highest BCUT2D eigenvalue weighted by Crippen LogP contribution is 2.25. The van der Waals surface area contributed by atoms with E-state index >= 15 is 0 Å². The van der Waals surface area contributed by atoms with Gasteiger partial charge in [0.2, 0.25) is 0 Å². The van der Waals surface area contributed by atoms with Gasteiger partial charge in [0.25, 0.3) is 5.91 Å². The molecule has 0 fully saturated rings. The lowest BCUT2D eigenvalue weighted by atomic mass is 10.2. The number of rotatable bonds is 3. The molecule has 100 valence electrons. The molecule has 19 heavy (non-hydrogen) atoms. The molecule has 0 radical (unpaired) electrons. The number of ether oxygens (including phenoxy) is 1. The molecule has 1 aromatic heterocycles. The van der Waals surface area contributed by atoms with E-state index in [0.29, 0.717) is 27.8 Å². The van der Waals surface area contributed by atoms with Crippen molar-refractivity contribution in [2.75, 3.05) is 12.4 Å². The van der Waals surface area contributed by atoms with E-state index in [2.05, 4.69) is 10.4 Å². The number of hydrogen-bond acceptors (Lipinski definition) is 3. The zero-order chi connectivity index (χ0) is 14.0. The minimum Gasteiger partial charge on any atom is -0.495 e. The van der Waals surface area contributed by atoms with Gasteiger partial charge in [-0.3, -0.25) is 9.48 Å². The van der Waals surface area contributed by atoms with Gasteiger partial charge >= 0.3 is 0 Å². The van der Waals surface area contributed by atoms with Crippen molar-refractivity contribution < 1.29 is 9.53 Å². The molecule has 5 nitrogen and oxygen atoms in total. The van der Waals surface area contributed by atoms with E-state index in [0.717, 1.165) is 0 Å². The minimum atomic E-state index is -0.305. The molecule has 2 aromatic rings. The summed E-state index contributed by atoms with van der Waals surface area (Å²) in [5, 5.41) is 7.19. The highest BCUT2D eigenvalue weighted by molar-refractivity contribution is 6.33. The van der Waals surface area contributed by atoms with Crippen LogP contribution in [0.3, 0.4) is 0 Å². The number of amides is 1. The predicted octanol–water partition coefficient (Wildman–Crippen LogP) is 2.64. The molecule has 2 rings (SSSR count). The molecule has 0 atom stereocenters. The smallest absolute Gasteiger partial charge is 0.260 e.